The number of hydrogen-bond acceptors (Lipinski definition) is 3. The quantitative estimate of drug-likeness (QED) is 0.738. The second kappa shape index (κ2) is 4.79. The van der Waals surface area contributed by atoms with E-state index >= 15 is 0 Å². The van der Waals surface area contributed by atoms with Gasteiger partial charge in [0.1, 0.15) is 0 Å². The zero-order valence-electron chi connectivity index (χ0n) is 7.99. The van der Waals surface area contributed by atoms with Crippen LogP contribution < -0.4 is 5.73 Å². The van der Waals surface area contributed by atoms with E-state index in [2.05, 4.69) is 0 Å². The van der Waals surface area contributed by atoms with Gasteiger partial charge in [-0.15, -0.1) is 0 Å². The molecule has 0 bridgehead atoms. The van der Waals surface area contributed by atoms with Crippen LogP contribution in [0.1, 0.15) is 18.6 Å². The first kappa shape index (κ1) is 11.5. The van der Waals surface area contributed by atoms with Gasteiger partial charge >= 0.3 is 5.97 Å². The third-order valence-electron chi connectivity index (χ3n) is 1.69. The lowest BCUT2D eigenvalue weighted by Crippen LogP contribution is -2.18. The SMILES string of the molecule is CC(=O)OC(C([NH])=O)c1ccc(Cl)cc1. The molecule has 0 saturated heterocycles. The molecule has 79 valence electrons. The van der Waals surface area contributed by atoms with Crippen LogP contribution in [-0.4, -0.2) is 11.9 Å². The highest BCUT2D eigenvalue weighted by molar-refractivity contribution is 6.30. The number of carbonyl (C=O) groups excluding carboxylic acids is 2. The van der Waals surface area contributed by atoms with E-state index in [9.17, 15) is 9.59 Å². The zero-order chi connectivity index (χ0) is 11.4. The Balaban J connectivity index is 2.94. The van der Waals surface area contributed by atoms with Crippen LogP contribution in [0, 0.1) is 0 Å². The van der Waals surface area contributed by atoms with Crippen molar-refractivity contribution >= 4 is 23.5 Å². The van der Waals surface area contributed by atoms with E-state index < -0.39 is 18.0 Å². The third kappa shape index (κ3) is 3.25. The van der Waals surface area contributed by atoms with Gasteiger partial charge in [-0.05, 0) is 12.1 Å². The lowest BCUT2D eigenvalue weighted by atomic mass is 10.1. The smallest absolute Gasteiger partial charge is 0.303 e. The highest BCUT2D eigenvalue weighted by Crippen LogP contribution is 2.19. The van der Waals surface area contributed by atoms with Crippen LogP contribution in [0.3, 0.4) is 0 Å². The number of carbonyl (C=O) groups is 2. The van der Waals surface area contributed by atoms with Crippen LogP contribution in [0.4, 0.5) is 0 Å². The fourth-order valence-corrected chi connectivity index (χ4v) is 1.20. The maximum atomic E-state index is 10.9. The van der Waals surface area contributed by atoms with E-state index in [0.717, 1.165) is 0 Å². The highest BCUT2D eigenvalue weighted by atomic mass is 35.5. The molecule has 1 aromatic rings. The van der Waals surface area contributed by atoms with Crippen LogP contribution in [0.5, 0.6) is 0 Å². The molecule has 0 aliphatic carbocycles. The first-order chi connectivity index (χ1) is 7.00. The molecule has 15 heavy (non-hydrogen) atoms. The van der Waals surface area contributed by atoms with Crippen molar-refractivity contribution in [1.82, 2.24) is 5.73 Å². The molecule has 0 fully saturated rings. The second-order valence-electron chi connectivity index (χ2n) is 2.91. The summed E-state index contributed by atoms with van der Waals surface area (Å²) in [7, 11) is 0. The topological polar surface area (TPSA) is 67.2 Å². The monoisotopic (exact) mass is 226 g/mol. The summed E-state index contributed by atoms with van der Waals surface area (Å²) in [6, 6.07) is 6.22. The minimum absolute atomic E-state index is 0.439. The Bertz CT molecular complexity index is 375. The molecule has 1 atom stereocenters. The van der Waals surface area contributed by atoms with Gasteiger partial charge in [0.25, 0.3) is 5.91 Å². The Hall–Kier alpha value is -1.55. The number of esters is 1. The fraction of sp³-hybridized carbons (Fsp3) is 0.200. The summed E-state index contributed by atoms with van der Waals surface area (Å²) >= 11 is 5.66. The number of amides is 1. The molecule has 5 heteroatoms. The van der Waals surface area contributed by atoms with E-state index in [-0.39, 0.29) is 0 Å². The maximum absolute atomic E-state index is 10.9. The molecule has 1 rings (SSSR count). The fourth-order valence-electron chi connectivity index (χ4n) is 1.08. The van der Waals surface area contributed by atoms with E-state index in [0.29, 0.717) is 10.6 Å². The van der Waals surface area contributed by atoms with Gasteiger partial charge in [0.15, 0.2) is 0 Å². The lowest BCUT2D eigenvalue weighted by Gasteiger charge is -2.12. The van der Waals surface area contributed by atoms with Crippen molar-refractivity contribution in [3.8, 4) is 0 Å². The molecule has 0 heterocycles. The standard InChI is InChI=1S/C10H9ClNO3/c1-6(13)15-9(10(12)14)7-2-4-8(11)5-3-7/h2-5,9,12H,1H3. The first-order valence-corrected chi connectivity index (χ1v) is 4.56. The van der Waals surface area contributed by atoms with Crippen LogP contribution in [-0.2, 0) is 14.3 Å². The number of rotatable bonds is 3. The lowest BCUT2D eigenvalue weighted by molar-refractivity contribution is -0.153. The predicted octanol–water partition coefficient (Wildman–Crippen LogP) is 1.75. The van der Waals surface area contributed by atoms with Gasteiger partial charge in [0.05, 0.1) is 0 Å². The van der Waals surface area contributed by atoms with E-state index in [1.807, 2.05) is 0 Å². The molecule has 0 spiro atoms. The van der Waals surface area contributed by atoms with Crippen molar-refractivity contribution in [3.05, 3.63) is 34.9 Å². The summed E-state index contributed by atoms with van der Waals surface area (Å²) in [5, 5.41) is 0.512. The Labute approximate surface area is 92.0 Å². The molecule has 1 radical (unpaired) electrons. The summed E-state index contributed by atoms with van der Waals surface area (Å²) in [4.78, 5) is 21.6. The number of hydrogen-bond donors (Lipinski definition) is 0. The molecule has 1 amide bonds. The molecule has 0 saturated carbocycles. The average Bonchev–Trinajstić information content (AvgIpc) is 2.15. The molecule has 0 aliphatic heterocycles. The van der Waals surface area contributed by atoms with E-state index in [4.69, 9.17) is 22.1 Å². The highest BCUT2D eigenvalue weighted by Gasteiger charge is 2.21. The van der Waals surface area contributed by atoms with Crippen molar-refractivity contribution in [2.75, 3.05) is 0 Å². The first-order valence-electron chi connectivity index (χ1n) is 4.19. The van der Waals surface area contributed by atoms with Crippen LogP contribution in [0.15, 0.2) is 24.3 Å². The molecular weight excluding hydrogens is 218 g/mol. The Morgan fingerprint density at radius 3 is 2.27 bits per heavy atom. The van der Waals surface area contributed by atoms with Crippen molar-refractivity contribution < 1.29 is 14.3 Å². The van der Waals surface area contributed by atoms with Crippen molar-refractivity contribution in [3.63, 3.8) is 0 Å². The molecule has 4 nitrogen and oxygen atoms in total. The van der Waals surface area contributed by atoms with Crippen LogP contribution in [0.25, 0.3) is 0 Å². The van der Waals surface area contributed by atoms with Crippen LogP contribution >= 0.6 is 11.6 Å². The van der Waals surface area contributed by atoms with Gasteiger partial charge in [0.2, 0.25) is 6.10 Å². The normalized spacial score (nSPS) is 11.9. The number of ether oxygens (including phenoxy) is 1. The second-order valence-corrected chi connectivity index (χ2v) is 3.34. The van der Waals surface area contributed by atoms with Gasteiger partial charge in [-0.2, -0.15) is 0 Å². The molecular formula is C10H9ClNO3. The van der Waals surface area contributed by atoms with Crippen molar-refractivity contribution in [1.29, 1.82) is 0 Å². The molecule has 0 aromatic heterocycles. The minimum Gasteiger partial charge on any atom is -0.447 e. The van der Waals surface area contributed by atoms with Gasteiger partial charge in [-0.25, -0.2) is 0 Å². The van der Waals surface area contributed by atoms with E-state index in [1.165, 1.54) is 6.92 Å². The summed E-state index contributed by atoms with van der Waals surface area (Å²) in [6.45, 7) is 1.19. The van der Waals surface area contributed by atoms with E-state index in [1.54, 1.807) is 24.3 Å². The predicted molar refractivity (Wildman–Crippen MR) is 54.1 cm³/mol. The minimum atomic E-state index is -1.17. The number of benzene rings is 1. The number of halogens is 1. The summed E-state index contributed by atoms with van der Waals surface area (Å²) in [5.41, 5.74) is 7.41. The average molecular weight is 227 g/mol. The molecule has 1 aromatic carbocycles. The summed E-state index contributed by atoms with van der Waals surface area (Å²) < 4.78 is 4.72. The summed E-state index contributed by atoms with van der Waals surface area (Å²) in [5.74, 6) is -1.57. The van der Waals surface area contributed by atoms with Gasteiger partial charge in [0, 0.05) is 17.5 Å². The van der Waals surface area contributed by atoms with Crippen molar-refractivity contribution in [2.24, 2.45) is 0 Å². The summed E-state index contributed by atoms with van der Waals surface area (Å²) in [6.07, 6.45) is -1.17. The molecule has 1 N–H and O–H groups in total. The van der Waals surface area contributed by atoms with Gasteiger partial charge in [-0.3, -0.25) is 15.3 Å². The molecule has 1 unspecified atom stereocenters. The Morgan fingerprint density at radius 2 is 1.87 bits per heavy atom. The van der Waals surface area contributed by atoms with Crippen molar-refractivity contribution in [2.45, 2.75) is 13.0 Å². The Kier molecular flexibility index (Phi) is 3.68. The maximum Gasteiger partial charge on any atom is 0.303 e. The van der Waals surface area contributed by atoms with Crippen LogP contribution in [0.2, 0.25) is 5.02 Å². The largest absolute Gasteiger partial charge is 0.447 e. The zero-order valence-corrected chi connectivity index (χ0v) is 8.75. The van der Waals surface area contributed by atoms with Gasteiger partial charge in [-0.1, -0.05) is 23.7 Å². The third-order valence-corrected chi connectivity index (χ3v) is 1.95. The number of nitrogens with one attached hydrogen (secondary N) is 1. The van der Waals surface area contributed by atoms with Gasteiger partial charge < -0.3 is 4.74 Å². The Morgan fingerprint density at radius 1 is 1.33 bits per heavy atom. The molecule has 0 aliphatic rings.